The van der Waals surface area contributed by atoms with Crippen molar-refractivity contribution < 1.29 is 19.1 Å². The zero-order chi connectivity index (χ0) is 34.5. The van der Waals surface area contributed by atoms with Crippen molar-refractivity contribution in [2.24, 2.45) is 0 Å². The summed E-state index contributed by atoms with van der Waals surface area (Å²) in [6.07, 6.45) is 3.11. The fourth-order valence-electron chi connectivity index (χ4n) is 5.54. The van der Waals surface area contributed by atoms with Gasteiger partial charge in [0, 0.05) is 30.0 Å². The molecule has 0 radical (unpaired) electrons. The molecule has 0 fully saturated rings. The van der Waals surface area contributed by atoms with E-state index in [-0.39, 0.29) is 34.6 Å². The predicted molar refractivity (Wildman–Crippen MR) is 183 cm³/mol. The lowest BCUT2D eigenvalue weighted by atomic mass is 9.85. The molecule has 1 aromatic carbocycles. The molecule has 3 amide bonds. The highest BCUT2D eigenvalue weighted by Crippen LogP contribution is 2.39. The second kappa shape index (κ2) is 14.7. The molecule has 1 aliphatic carbocycles. The van der Waals surface area contributed by atoms with Gasteiger partial charge in [-0.2, -0.15) is 0 Å². The molecule has 256 valence electrons. The predicted octanol–water partition coefficient (Wildman–Crippen LogP) is 4.86. The molecule has 3 aromatic heterocycles. The normalized spacial score (nSPS) is 16.3. The Hall–Kier alpha value is -4.62. The molecule has 0 unspecified atom stereocenters. The number of rotatable bonds is 11. The van der Waals surface area contributed by atoms with Crippen molar-refractivity contribution in [3.05, 3.63) is 77.1 Å². The van der Waals surface area contributed by atoms with E-state index in [1.807, 2.05) is 74.8 Å². The summed E-state index contributed by atoms with van der Waals surface area (Å²) in [5.41, 5.74) is 2.84. The SMILES string of the molecule is CNCCOCCNC(=O)c1nc(NC(=O)N[C@H]2CC[C@@H](Oc3ccc4nnc(C(C)(C)C)n4c3)c3ccccc32)cc(C(C)(C)C)n1. The Bertz CT molecular complexity index is 1740. The lowest BCUT2D eigenvalue weighted by Crippen LogP contribution is -2.36. The van der Waals surface area contributed by atoms with Crippen LogP contribution in [0.1, 0.15) is 99.8 Å². The number of hydrogen-bond donors (Lipinski definition) is 4. The molecule has 0 saturated heterocycles. The largest absolute Gasteiger partial charge is 0.484 e. The van der Waals surface area contributed by atoms with Gasteiger partial charge >= 0.3 is 6.03 Å². The summed E-state index contributed by atoms with van der Waals surface area (Å²) in [4.78, 5) is 35.2. The number of pyridine rings is 1. The van der Waals surface area contributed by atoms with Crippen LogP contribution in [0, 0.1) is 0 Å². The van der Waals surface area contributed by atoms with Gasteiger partial charge in [-0.3, -0.25) is 14.5 Å². The van der Waals surface area contributed by atoms with Crippen LogP contribution >= 0.6 is 0 Å². The van der Waals surface area contributed by atoms with Crippen LogP contribution < -0.4 is 26.0 Å². The van der Waals surface area contributed by atoms with Crippen LogP contribution in [0.2, 0.25) is 0 Å². The smallest absolute Gasteiger partial charge is 0.320 e. The van der Waals surface area contributed by atoms with Gasteiger partial charge in [-0.05, 0) is 43.1 Å². The van der Waals surface area contributed by atoms with Gasteiger partial charge in [0.05, 0.1) is 31.1 Å². The molecule has 2 atom stereocenters. The van der Waals surface area contributed by atoms with Crippen molar-refractivity contribution in [3.63, 3.8) is 0 Å². The van der Waals surface area contributed by atoms with E-state index in [9.17, 15) is 9.59 Å². The maximum atomic E-state index is 13.4. The third-order valence-electron chi connectivity index (χ3n) is 8.03. The average Bonchev–Trinajstić information content (AvgIpc) is 3.47. The molecule has 1 aliphatic rings. The molecule has 0 spiro atoms. The Balaban J connectivity index is 1.27. The Morgan fingerprint density at radius 2 is 1.67 bits per heavy atom. The lowest BCUT2D eigenvalue weighted by molar-refractivity contribution is 0.0907. The van der Waals surface area contributed by atoms with Gasteiger partial charge in [-0.25, -0.2) is 14.8 Å². The molecule has 0 saturated carbocycles. The highest BCUT2D eigenvalue weighted by atomic mass is 16.5. The molecule has 0 bridgehead atoms. The van der Waals surface area contributed by atoms with Crippen molar-refractivity contribution in [2.45, 2.75) is 77.4 Å². The summed E-state index contributed by atoms with van der Waals surface area (Å²) < 4.78 is 14.0. The first-order chi connectivity index (χ1) is 22.8. The van der Waals surface area contributed by atoms with E-state index in [2.05, 4.69) is 62.2 Å². The van der Waals surface area contributed by atoms with E-state index >= 15 is 0 Å². The van der Waals surface area contributed by atoms with Crippen LogP contribution in [0.15, 0.2) is 48.7 Å². The quantitative estimate of drug-likeness (QED) is 0.166. The van der Waals surface area contributed by atoms with Crippen molar-refractivity contribution >= 4 is 23.4 Å². The van der Waals surface area contributed by atoms with E-state index in [1.165, 1.54) is 0 Å². The van der Waals surface area contributed by atoms with Gasteiger partial charge in [-0.1, -0.05) is 65.8 Å². The number of benzene rings is 1. The maximum absolute atomic E-state index is 13.4. The van der Waals surface area contributed by atoms with Crippen molar-refractivity contribution in [2.75, 3.05) is 38.7 Å². The molecular weight excluding hydrogens is 610 g/mol. The average molecular weight is 658 g/mol. The number of urea groups is 1. The number of fused-ring (bicyclic) bond motifs is 2. The zero-order valence-electron chi connectivity index (χ0n) is 28.9. The third-order valence-corrected chi connectivity index (χ3v) is 8.03. The molecule has 13 nitrogen and oxygen atoms in total. The molecule has 5 rings (SSSR count). The molecule has 3 heterocycles. The van der Waals surface area contributed by atoms with Crippen molar-refractivity contribution in [1.82, 2.24) is 40.5 Å². The summed E-state index contributed by atoms with van der Waals surface area (Å²) in [7, 11) is 1.85. The van der Waals surface area contributed by atoms with E-state index in [0.29, 0.717) is 38.3 Å². The van der Waals surface area contributed by atoms with Crippen LogP contribution in [0.5, 0.6) is 5.75 Å². The minimum absolute atomic E-state index is 0.0183. The van der Waals surface area contributed by atoms with E-state index in [1.54, 1.807) is 6.07 Å². The number of amides is 3. The second-order valence-electron chi connectivity index (χ2n) is 14.0. The number of carbonyl (C=O) groups excluding carboxylic acids is 2. The second-order valence-corrected chi connectivity index (χ2v) is 14.0. The standard InChI is InChI=1S/C35H47N9O4/c1-34(2,3)27-20-28(40-30(39-27)31(45)37-17-19-47-18-16-36-7)41-33(46)38-25-13-14-26(24-11-9-8-10-23(24)25)48-22-12-15-29-42-43-32(35(4,5)6)44(29)21-22/h8-12,15,20-21,25-26,36H,13-14,16-19H2,1-7H3,(H,37,45)(H2,38,39,40,41,46)/t25-,26+/m0/s1. The van der Waals surface area contributed by atoms with Crippen LogP contribution in [-0.2, 0) is 15.6 Å². The van der Waals surface area contributed by atoms with E-state index in [4.69, 9.17) is 9.47 Å². The Labute approximate surface area is 281 Å². The molecular formula is C35H47N9O4. The highest BCUT2D eigenvalue weighted by molar-refractivity contribution is 5.92. The number of nitrogens with zero attached hydrogens (tertiary/aromatic N) is 5. The van der Waals surface area contributed by atoms with Gasteiger partial charge in [0.15, 0.2) is 5.65 Å². The lowest BCUT2D eigenvalue weighted by Gasteiger charge is -2.32. The number of nitrogens with one attached hydrogen (secondary N) is 4. The summed E-state index contributed by atoms with van der Waals surface area (Å²) >= 11 is 0. The van der Waals surface area contributed by atoms with Gasteiger partial charge in [0.2, 0.25) is 5.82 Å². The van der Waals surface area contributed by atoms with Crippen LogP contribution in [0.25, 0.3) is 5.65 Å². The van der Waals surface area contributed by atoms with Crippen LogP contribution in [0.4, 0.5) is 10.6 Å². The highest BCUT2D eigenvalue weighted by Gasteiger charge is 2.30. The molecule has 13 heteroatoms. The summed E-state index contributed by atoms with van der Waals surface area (Å²) in [6, 6.07) is 12.9. The number of likely N-dealkylation sites (N-methyl/N-ethyl adjacent to an activating group) is 1. The topological polar surface area (TPSA) is 157 Å². The maximum Gasteiger partial charge on any atom is 0.320 e. The van der Waals surface area contributed by atoms with E-state index < -0.39 is 11.9 Å². The molecule has 4 N–H and O–H groups in total. The van der Waals surface area contributed by atoms with Gasteiger partial charge in [0.1, 0.15) is 23.5 Å². The van der Waals surface area contributed by atoms with Crippen LogP contribution in [0.3, 0.4) is 0 Å². The van der Waals surface area contributed by atoms with Gasteiger partial charge in [-0.15, -0.1) is 10.2 Å². The fourth-order valence-corrected chi connectivity index (χ4v) is 5.54. The zero-order valence-corrected chi connectivity index (χ0v) is 28.9. The van der Waals surface area contributed by atoms with Gasteiger partial charge in [0.25, 0.3) is 5.91 Å². The Morgan fingerprint density at radius 3 is 2.40 bits per heavy atom. The monoisotopic (exact) mass is 657 g/mol. The molecule has 0 aliphatic heterocycles. The summed E-state index contributed by atoms with van der Waals surface area (Å²) in [5, 5.41) is 20.4. The minimum atomic E-state index is -0.438. The molecule has 4 aromatic rings. The summed E-state index contributed by atoms with van der Waals surface area (Å²) in [5.74, 6) is 1.37. The number of hydrogen-bond acceptors (Lipinski definition) is 9. The van der Waals surface area contributed by atoms with Crippen molar-refractivity contribution in [3.8, 4) is 5.75 Å². The fraction of sp³-hybridized carbons (Fsp3) is 0.486. The van der Waals surface area contributed by atoms with E-state index in [0.717, 1.165) is 34.9 Å². The Kier molecular flexibility index (Phi) is 10.6. The summed E-state index contributed by atoms with van der Waals surface area (Å²) in [6.45, 7) is 14.2. The molecule has 48 heavy (non-hydrogen) atoms. The van der Waals surface area contributed by atoms with Crippen molar-refractivity contribution in [1.29, 1.82) is 0 Å². The number of aromatic nitrogens is 5. The number of ether oxygens (including phenoxy) is 2. The minimum Gasteiger partial charge on any atom is -0.484 e. The van der Waals surface area contributed by atoms with Gasteiger partial charge < -0.3 is 25.4 Å². The third kappa shape index (κ3) is 8.45. The first-order valence-electron chi connectivity index (χ1n) is 16.4. The number of anilines is 1. The first kappa shape index (κ1) is 34.7. The Morgan fingerprint density at radius 1 is 0.917 bits per heavy atom. The van der Waals surface area contributed by atoms with Crippen LogP contribution in [-0.4, -0.2) is 69.9 Å². The first-order valence-corrected chi connectivity index (χ1v) is 16.4. The number of carbonyl (C=O) groups is 2.